The van der Waals surface area contributed by atoms with E-state index in [0.717, 1.165) is 37.3 Å². The van der Waals surface area contributed by atoms with E-state index in [2.05, 4.69) is 15.2 Å². The number of hydrogen-bond donors (Lipinski definition) is 1. The van der Waals surface area contributed by atoms with Gasteiger partial charge in [-0.1, -0.05) is 53.2 Å². The molecule has 2 atom stereocenters. The first-order valence-corrected chi connectivity index (χ1v) is 13.7. The van der Waals surface area contributed by atoms with Gasteiger partial charge in [-0.15, -0.1) is 11.3 Å². The molecule has 6 nitrogen and oxygen atoms in total. The molecule has 2 aromatic heterocycles. The molecule has 1 fully saturated rings. The minimum atomic E-state index is -0.162. The van der Waals surface area contributed by atoms with Crippen molar-refractivity contribution in [3.05, 3.63) is 67.9 Å². The van der Waals surface area contributed by atoms with E-state index >= 15 is 0 Å². The third-order valence-electron chi connectivity index (χ3n) is 6.02. The maximum absolute atomic E-state index is 12.5. The van der Waals surface area contributed by atoms with Gasteiger partial charge in [-0.3, -0.25) is 9.59 Å². The fourth-order valence-electron chi connectivity index (χ4n) is 4.57. The Balaban J connectivity index is 1.16. The number of hydrogen-bond acceptors (Lipinski definition) is 6. The largest absolute Gasteiger partial charge is 0.356 e. The monoisotopic (exact) mass is 550 g/mol. The second-order valence-electron chi connectivity index (χ2n) is 8.37. The number of pyridine rings is 1. The van der Waals surface area contributed by atoms with Gasteiger partial charge in [0.1, 0.15) is 4.32 Å². The number of benzene rings is 1. The van der Waals surface area contributed by atoms with Crippen LogP contribution in [0.15, 0.2) is 46.6 Å². The number of amides is 1. The quantitative estimate of drug-likeness (QED) is 0.441. The Morgan fingerprint density at radius 1 is 1.24 bits per heavy atom. The van der Waals surface area contributed by atoms with Gasteiger partial charge in [0.15, 0.2) is 5.13 Å². The summed E-state index contributed by atoms with van der Waals surface area (Å²) in [5, 5.41) is 6.26. The highest BCUT2D eigenvalue weighted by Crippen LogP contribution is 2.36. The third-order valence-corrected chi connectivity index (χ3v) is 8.85. The lowest BCUT2D eigenvalue weighted by atomic mass is 9.83. The number of piperidine rings is 1. The van der Waals surface area contributed by atoms with Crippen LogP contribution in [0.5, 0.6) is 0 Å². The maximum atomic E-state index is 12.5. The molecular formula is C23H20Cl2N4O2S3. The molecule has 0 unspecified atom stereocenters. The van der Waals surface area contributed by atoms with Crippen molar-refractivity contribution in [1.82, 2.24) is 14.5 Å². The molecule has 2 bridgehead atoms. The molecule has 1 N–H and O–H groups in total. The Morgan fingerprint density at radius 2 is 2.09 bits per heavy atom. The van der Waals surface area contributed by atoms with Gasteiger partial charge >= 0.3 is 0 Å². The first-order valence-electron chi connectivity index (χ1n) is 10.7. The van der Waals surface area contributed by atoms with Crippen molar-refractivity contribution in [2.45, 2.75) is 18.9 Å². The molecule has 5 rings (SSSR count). The highest BCUT2D eigenvalue weighted by atomic mass is 35.5. The summed E-state index contributed by atoms with van der Waals surface area (Å²) in [4.78, 5) is 31.4. The smallest absolute Gasteiger partial charge is 0.250 e. The lowest BCUT2D eigenvalue weighted by Crippen LogP contribution is -2.48. The molecule has 11 heteroatoms. The number of aromatic nitrogens is 2. The Kier molecular flexibility index (Phi) is 7.00. The normalized spacial score (nSPS) is 18.9. The summed E-state index contributed by atoms with van der Waals surface area (Å²) < 4.78 is 2.61. The molecule has 2 aliphatic heterocycles. The Labute approximate surface area is 220 Å². The zero-order chi connectivity index (χ0) is 23.8. The fourth-order valence-corrected chi connectivity index (χ4v) is 6.79. The number of nitrogens with zero attached hydrogens (tertiary/aromatic N) is 3. The van der Waals surface area contributed by atoms with Crippen molar-refractivity contribution in [1.29, 1.82) is 0 Å². The number of thioether (sulfide) groups is 1. The lowest BCUT2D eigenvalue weighted by molar-refractivity contribution is -0.113. The molecule has 3 aromatic rings. The molecule has 2 aliphatic rings. The van der Waals surface area contributed by atoms with E-state index < -0.39 is 0 Å². The molecular weight excluding hydrogens is 531 g/mol. The number of carbonyl (C=O) groups is 1. The average molecular weight is 552 g/mol. The second-order valence-corrected chi connectivity index (χ2v) is 11.7. The third kappa shape index (κ3) is 5.04. The number of anilines is 1. The standard InChI is InChI=1S/C23H20Cl2N4O2S3/c24-15-4-5-16(17(25)7-15)18-11-33-22(26-18)27-20(30)12-34-23(32)28-8-13-6-14(10-28)19-2-1-3-21(31)29(19)9-13/h1-5,7,11,13-14H,6,8-10,12H2,(H,26,27,30)/t13-,14+/m1/s1. The van der Waals surface area contributed by atoms with Crippen LogP contribution in [-0.2, 0) is 11.3 Å². The Bertz CT molecular complexity index is 1330. The van der Waals surface area contributed by atoms with E-state index in [1.165, 1.54) is 23.1 Å². The SMILES string of the molecule is O=C(CSC(=S)N1C[C@H]2C[C@@H](C1)c1cccc(=O)n1C2)Nc1nc(-c2ccc(Cl)cc2Cl)cs1. The van der Waals surface area contributed by atoms with Gasteiger partial charge in [-0.05, 0) is 36.6 Å². The van der Waals surface area contributed by atoms with Crippen LogP contribution in [-0.4, -0.2) is 43.5 Å². The van der Waals surface area contributed by atoms with Crippen LogP contribution < -0.4 is 10.9 Å². The van der Waals surface area contributed by atoms with Crippen molar-refractivity contribution in [3.8, 4) is 11.3 Å². The van der Waals surface area contributed by atoms with Crippen LogP contribution in [0, 0.1) is 5.92 Å². The number of fused-ring (bicyclic) bond motifs is 4. The van der Waals surface area contributed by atoms with E-state index in [4.69, 9.17) is 35.4 Å². The summed E-state index contributed by atoms with van der Waals surface area (Å²) in [6.45, 7) is 2.30. The molecule has 0 saturated carbocycles. The van der Waals surface area contributed by atoms with Crippen LogP contribution in [0.2, 0.25) is 10.0 Å². The number of thiazole rings is 1. The molecule has 34 heavy (non-hydrogen) atoms. The van der Waals surface area contributed by atoms with E-state index in [1.807, 2.05) is 28.1 Å². The van der Waals surface area contributed by atoms with Crippen molar-refractivity contribution < 1.29 is 4.79 Å². The van der Waals surface area contributed by atoms with Crippen molar-refractivity contribution in [3.63, 3.8) is 0 Å². The minimum absolute atomic E-state index is 0.0675. The topological polar surface area (TPSA) is 67.2 Å². The van der Waals surface area contributed by atoms with Crippen molar-refractivity contribution in [2.24, 2.45) is 5.92 Å². The molecule has 1 aromatic carbocycles. The van der Waals surface area contributed by atoms with Crippen LogP contribution in [0.1, 0.15) is 18.0 Å². The van der Waals surface area contributed by atoms with Crippen LogP contribution >= 0.6 is 58.5 Å². The number of nitrogens with one attached hydrogen (secondary N) is 1. The number of halogens is 2. The highest BCUT2D eigenvalue weighted by Gasteiger charge is 2.35. The average Bonchev–Trinajstić information content (AvgIpc) is 3.26. The number of carbonyl (C=O) groups excluding carboxylic acids is 1. The predicted molar refractivity (Wildman–Crippen MR) is 144 cm³/mol. The fraction of sp³-hybridized carbons (Fsp3) is 0.304. The van der Waals surface area contributed by atoms with E-state index in [9.17, 15) is 9.59 Å². The number of thiocarbonyl (C=S) groups is 1. The molecule has 1 amide bonds. The summed E-state index contributed by atoms with van der Waals surface area (Å²) >= 11 is 20.6. The molecule has 4 heterocycles. The summed E-state index contributed by atoms with van der Waals surface area (Å²) in [6, 6.07) is 10.7. The van der Waals surface area contributed by atoms with Gasteiger partial charge in [0.2, 0.25) is 5.91 Å². The van der Waals surface area contributed by atoms with Crippen molar-refractivity contribution >= 4 is 73.9 Å². The van der Waals surface area contributed by atoms with E-state index in [1.54, 1.807) is 18.2 Å². The number of likely N-dealkylation sites (tertiary alicyclic amines) is 1. The summed E-state index contributed by atoms with van der Waals surface area (Å²) in [5.74, 6) is 0.705. The second kappa shape index (κ2) is 9.99. The van der Waals surface area contributed by atoms with Gasteiger partial charge in [-0.2, -0.15) is 0 Å². The Morgan fingerprint density at radius 3 is 2.91 bits per heavy atom. The van der Waals surface area contributed by atoms with Crippen LogP contribution in [0.4, 0.5) is 5.13 Å². The Hall–Kier alpha value is -1.91. The molecule has 1 saturated heterocycles. The van der Waals surface area contributed by atoms with Crippen LogP contribution in [0.25, 0.3) is 11.3 Å². The first-order chi connectivity index (χ1) is 16.4. The molecule has 0 spiro atoms. The predicted octanol–water partition coefficient (Wildman–Crippen LogP) is 5.35. The number of rotatable bonds is 4. The van der Waals surface area contributed by atoms with Gasteiger partial charge in [-0.25, -0.2) is 4.98 Å². The van der Waals surface area contributed by atoms with E-state index in [-0.39, 0.29) is 23.1 Å². The summed E-state index contributed by atoms with van der Waals surface area (Å²) in [7, 11) is 0. The molecule has 0 aliphatic carbocycles. The van der Waals surface area contributed by atoms with Gasteiger partial charge in [0, 0.05) is 53.3 Å². The summed E-state index contributed by atoms with van der Waals surface area (Å²) in [5.41, 5.74) is 2.60. The van der Waals surface area contributed by atoms with Gasteiger partial charge in [0.05, 0.1) is 16.5 Å². The molecule has 176 valence electrons. The lowest BCUT2D eigenvalue weighted by Gasteiger charge is -2.43. The van der Waals surface area contributed by atoms with Gasteiger partial charge in [0.25, 0.3) is 5.56 Å². The molecule has 0 radical (unpaired) electrons. The summed E-state index contributed by atoms with van der Waals surface area (Å²) in [6.07, 6.45) is 1.07. The maximum Gasteiger partial charge on any atom is 0.250 e. The first kappa shape index (κ1) is 23.8. The van der Waals surface area contributed by atoms with E-state index in [0.29, 0.717) is 31.1 Å². The van der Waals surface area contributed by atoms with Crippen LogP contribution in [0.3, 0.4) is 0 Å². The zero-order valence-electron chi connectivity index (χ0n) is 17.9. The van der Waals surface area contributed by atoms with Crippen molar-refractivity contribution in [2.75, 3.05) is 24.2 Å². The minimum Gasteiger partial charge on any atom is -0.356 e. The zero-order valence-corrected chi connectivity index (χ0v) is 21.8. The van der Waals surface area contributed by atoms with Gasteiger partial charge < -0.3 is 14.8 Å². The highest BCUT2D eigenvalue weighted by molar-refractivity contribution is 8.23.